The molecule has 0 saturated carbocycles. The van der Waals surface area contributed by atoms with Gasteiger partial charge in [0, 0.05) is 18.0 Å². The smallest absolute Gasteiger partial charge is 0.230 e. The van der Waals surface area contributed by atoms with E-state index in [2.05, 4.69) is 5.32 Å². The molecular weight excluding hydrogens is 234 g/mol. The Kier molecular flexibility index (Phi) is 6.08. The molecule has 0 aromatic heterocycles. The Labute approximate surface area is 107 Å². The van der Waals surface area contributed by atoms with E-state index < -0.39 is 0 Å². The van der Waals surface area contributed by atoms with Gasteiger partial charge in [0.25, 0.3) is 0 Å². The van der Waals surface area contributed by atoms with Crippen molar-refractivity contribution < 1.29 is 9.53 Å². The number of nitrogens with one attached hydrogen (secondary N) is 1. The molecule has 0 radical (unpaired) electrons. The van der Waals surface area contributed by atoms with Crippen LogP contribution in [0.4, 0.5) is 0 Å². The molecule has 3 nitrogen and oxygen atoms in total. The van der Waals surface area contributed by atoms with Crippen molar-refractivity contribution in [3.63, 3.8) is 0 Å². The first-order chi connectivity index (χ1) is 8.11. The molecule has 0 spiro atoms. The van der Waals surface area contributed by atoms with Crippen molar-refractivity contribution in [3.05, 3.63) is 29.8 Å². The number of rotatable bonds is 6. The summed E-state index contributed by atoms with van der Waals surface area (Å²) in [6.45, 7) is 4.52. The largest absolute Gasteiger partial charge is 0.383 e. The van der Waals surface area contributed by atoms with Gasteiger partial charge < -0.3 is 10.1 Å². The molecule has 1 amide bonds. The zero-order valence-electron chi connectivity index (χ0n) is 10.5. The summed E-state index contributed by atoms with van der Waals surface area (Å²) >= 11 is 1.54. The molecule has 1 aromatic carbocycles. The van der Waals surface area contributed by atoms with Crippen LogP contribution in [0.5, 0.6) is 0 Å². The molecule has 0 fully saturated rings. The number of hydrogen-bond acceptors (Lipinski definition) is 3. The molecule has 0 unspecified atom stereocenters. The highest BCUT2D eigenvalue weighted by Crippen LogP contribution is 2.17. The van der Waals surface area contributed by atoms with E-state index in [0.29, 0.717) is 12.4 Å². The van der Waals surface area contributed by atoms with E-state index in [1.165, 1.54) is 5.56 Å². The third-order valence-electron chi connectivity index (χ3n) is 2.21. The fourth-order valence-corrected chi connectivity index (χ4v) is 2.10. The predicted octanol–water partition coefficient (Wildman–Crippen LogP) is 2.24. The molecule has 0 aliphatic rings. The highest BCUT2D eigenvalue weighted by atomic mass is 32.2. The first-order valence-corrected chi connectivity index (χ1v) is 6.58. The summed E-state index contributed by atoms with van der Waals surface area (Å²) in [7, 11) is 1.63. The van der Waals surface area contributed by atoms with Gasteiger partial charge in [0.2, 0.25) is 5.91 Å². The number of carbonyl (C=O) groups excluding carboxylic acids is 1. The SMILES string of the molecule is COC[C@H](C)NC(=O)CSc1ccc(C)cc1. The van der Waals surface area contributed by atoms with E-state index in [9.17, 15) is 4.79 Å². The first kappa shape index (κ1) is 14.1. The Hall–Kier alpha value is -1.00. The number of benzene rings is 1. The highest BCUT2D eigenvalue weighted by Gasteiger charge is 2.07. The number of hydrogen-bond donors (Lipinski definition) is 1. The van der Waals surface area contributed by atoms with Crippen LogP contribution in [0.3, 0.4) is 0 Å². The van der Waals surface area contributed by atoms with Gasteiger partial charge in [0.1, 0.15) is 0 Å². The van der Waals surface area contributed by atoms with Crippen molar-refractivity contribution in [2.45, 2.75) is 24.8 Å². The number of thioether (sulfide) groups is 1. The first-order valence-electron chi connectivity index (χ1n) is 5.59. The molecule has 94 valence electrons. The maximum absolute atomic E-state index is 11.6. The van der Waals surface area contributed by atoms with Crippen LogP contribution < -0.4 is 5.32 Å². The topological polar surface area (TPSA) is 38.3 Å². The van der Waals surface area contributed by atoms with Crippen molar-refractivity contribution in [2.75, 3.05) is 19.5 Å². The lowest BCUT2D eigenvalue weighted by Gasteiger charge is -2.12. The van der Waals surface area contributed by atoms with Crippen LogP contribution in [0.1, 0.15) is 12.5 Å². The van der Waals surface area contributed by atoms with Crippen LogP contribution in [0.25, 0.3) is 0 Å². The second-order valence-electron chi connectivity index (χ2n) is 4.03. The number of amides is 1. The minimum absolute atomic E-state index is 0.0418. The lowest BCUT2D eigenvalue weighted by Crippen LogP contribution is -2.36. The van der Waals surface area contributed by atoms with Crippen LogP contribution in [0.2, 0.25) is 0 Å². The zero-order chi connectivity index (χ0) is 12.7. The summed E-state index contributed by atoms with van der Waals surface area (Å²) in [6.07, 6.45) is 0. The van der Waals surface area contributed by atoms with Crippen molar-refractivity contribution in [3.8, 4) is 0 Å². The summed E-state index contributed by atoms with van der Waals surface area (Å²) < 4.78 is 4.96. The van der Waals surface area contributed by atoms with Gasteiger partial charge in [-0.2, -0.15) is 0 Å². The van der Waals surface area contributed by atoms with Gasteiger partial charge in [0.15, 0.2) is 0 Å². The molecule has 0 aliphatic heterocycles. The third kappa shape index (κ3) is 5.75. The fourth-order valence-electron chi connectivity index (χ4n) is 1.39. The maximum atomic E-state index is 11.6. The second kappa shape index (κ2) is 7.35. The van der Waals surface area contributed by atoms with Gasteiger partial charge in [-0.1, -0.05) is 17.7 Å². The molecular formula is C13H19NO2S. The molecule has 1 aromatic rings. The van der Waals surface area contributed by atoms with Crippen LogP contribution in [-0.2, 0) is 9.53 Å². The quantitative estimate of drug-likeness (QED) is 0.790. The summed E-state index contributed by atoms with van der Waals surface area (Å²) in [5, 5.41) is 2.88. The minimum Gasteiger partial charge on any atom is -0.383 e. The fraction of sp³-hybridized carbons (Fsp3) is 0.462. The Morgan fingerprint density at radius 3 is 2.65 bits per heavy atom. The maximum Gasteiger partial charge on any atom is 0.230 e. The van der Waals surface area contributed by atoms with Gasteiger partial charge in [-0.15, -0.1) is 11.8 Å². The monoisotopic (exact) mass is 253 g/mol. The van der Waals surface area contributed by atoms with E-state index in [1.807, 2.05) is 38.1 Å². The number of ether oxygens (including phenoxy) is 1. The van der Waals surface area contributed by atoms with Gasteiger partial charge in [-0.3, -0.25) is 4.79 Å². The van der Waals surface area contributed by atoms with E-state index in [1.54, 1.807) is 18.9 Å². The van der Waals surface area contributed by atoms with E-state index >= 15 is 0 Å². The minimum atomic E-state index is 0.0418. The second-order valence-corrected chi connectivity index (χ2v) is 5.07. The summed E-state index contributed by atoms with van der Waals surface area (Å²) in [5.41, 5.74) is 1.23. The van der Waals surface area contributed by atoms with Gasteiger partial charge in [0.05, 0.1) is 12.4 Å². The Morgan fingerprint density at radius 2 is 2.06 bits per heavy atom. The van der Waals surface area contributed by atoms with Crippen molar-refractivity contribution in [1.82, 2.24) is 5.32 Å². The van der Waals surface area contributed by atoms with Crippen molar-refractivity contribution in [1.29, 1.82) is 0 Å². The van der Waals surface area contributed by atoms with Crippen LogP contribution >= 0.6 is 11.8 Å². The molecule has 1 atom stereocenters. The summed E-state index contributed by atoms with van der Waals surface area (Å²) in [6, 6.07) is 8.23. The van der Waals surface area contributed by atoms with E-state index in [0.717, 1.165) is 4.90 Å². The average Bonchev–Trinajstić information content (AvgIpc) is 2.28. The molecule has 4 heteroatoms. The molecule has 0 heterocycles. The van der Waals surface area contributed by atoms with Crippen LogP contribution in [-0.4, -0.2) is 31.4 Å². The number of methoxy groups -OCH3 is 1. The predicted molar refractivity (Wildman–Crippen MR) is 71.4 cm³/mol. The molecule has 0 aliphatic carbocycles. The Balaban J connectivity index is 2.30. The molecule has 0 bridgehead atoms. The Bertz CT molecular complexity index is 351. The van der Waals surface area contributed by atoms with Crippen molar-refractivity contribution >= 4 is 17.7 Å². The average molecular weight is 253 g/mol. The lowest BCUT2D eigenvalue weighted by molar-refractivity contribution is -0.119. The van der Waals surface area contributed by atoms with Crippen LogP contribution in [0.15, 0.2) is 29.2 Å². The normalized spacial score (nSPS) is 12.2. The summed E-state index contributed by atoms with van der Waals surface area (Å²) in [5.74, 6) is 0.483. The molecule has 1 N–H and O–H groups in total. The lowest BCUT2D eigenvalue weighted by atomic mass is 10.2. The van der Waals surface area contributed by atoms with Crippen LogP contribution in [0, 0.1) is 6.92 Å². The van der Waals surface area contributed by atoms with Gasteiger partial charge in [-0.25, -0.2) is 0 Å². The van der Waals surface area contributed by atoms with E-state index in [4.69, 9.17) is 4.74 Å². The molecule has 1 rings (SSSR count). The number of carbonyl (C=O) groups is 1. The number of aryl methyl sites for hydroxylation is 1. The molecule has 17 heavy (non-hydrogen) atoms. The highest BCUT2D eigenvalue weighted by molar-refractivity contribution is 8.00. The van der Waals surface area contributed by atoms with Crippen molar-refractivity contribution in [2.24, 2.45) is 0 Å². The summed E-state index contributed by atoms with van der Waals surface area (Å²) in [4.78, 5) is 12.7. The standard InChI is InChI=1S/C13H19NO2S/c1-10-4-6-12(7-5-10)17-9-13(15)14-11(2)8-16-3/h4-7,11H,8-9H2,1-3H3,(H,14,15)/t11-/m0/s1. The molecule has 0 saturated heterocycles. The zero-order valence-corrected chi connectivity index (χ0v) is 11.3. The van der Waals surface area contributed by atoms with Gasteiger partial charge in [-0.05, 0) is 26.0 Å². The van der Waals surface area contributed by atoms with E-state index in [-0.39, 0.29) is 11.9 Å². The third-order valence-corrected chi connectivity index (χ3v) is 3.23. The Morgan fingerprint density at radius 1 is 1.41 bits per heavy atom. The van der Waals surface area contributed by atoms with Gasteiger partial charge >= 0.3 is 0 Å².